The van der Waals surface area contributed by atoms with Crippen LogP contribution in [0.3, 0.4) is 0 Å². The van der Waals surface area contributed by atoms with Crippen molar-refractivity contribution in [2.75, 3.05) is 18.6 Å². The average molecular weight is 292 g/mol. The number of halogens is 1. The minimum Gasteiger partial charge on any atom is -0.465 e. The van der Waals surface area contributed by atoms with Crippen molar-refractivity contribution >= 4 is 39.9 Å². The van der Waals surface area contributed by atoms with E-state index in [2.05, 4.69) is 9.72 Å². The monoisotopic (exact) mass is 291 g/mol. The van der Waals surface area contributed by atoms with Crippen LogP contribution in [-0.2, 0) is 9.53 Å². The molecule has 0 spiro atoms. The van der Waals surface area contributed by atoms with E-state index in [1.165, 1.54) is 7.11 Å². The molecule has 0 radical (unpaired) electrons. The Hall–Kier alpha value is -1.34. The summed E-state index contributed by atoms with van der Waals surface area (Å²) in [6, 6.07) is 0.00483. The summed E-state index contributed by atoms with van der Waals surface area (Å²) in [5, 5.41) is 0.533. The van der Waals surface area contributed by atoms with Gasteiger partial charge in [-0.2, -0.15) is 0 Å². The highest BCUT2D eigenvalue weighted by Crippen LogP contribution is 2.31. The first kappa shape index (κ1) is 14.7. The summed E-state index contributed by atoms with van der Waals surface area (Å²) in [6.07, 6.45) is 0. The van der Waals surface area contributed by atoms with Crippen molar-refractivity contribution in [3.63, 3.8) is 0 Å². The maximum Gasteiger partial charge on any atom is 0.351 e. The van der Waals surface area contributed by atoms with Crippen LogP contribution in [0, 0.1) is 0 Å². The number of hydrogen-bond acceptors (Lipinski definition) is 6. The molecular weight excluding hydrogens is 278 g/mol. The fraction of sp³-hybridized carbons (Fsp3) is 0.500. The van der Waals surface area contributed by atoms with Gasteiger partial charge in [-0.15, -0.1) is 0 Å². The molecular formula is C10H14ClN3O3S. The Bertz CT molecular complexity index is 461. The summed E-state index contributed by atoms with van der Waals surface area (Å²) < 4.78 is 4.59. The quantitative estimate of drug-likeness (QED) is 0.826. The molecule has 1 aromatic heterocycles. The average Bonchev–Trinajstić information content (AvgIpc) is 2.66. The summed E-state index contributed by atoms with van der Waals surface area (Å²) in [6.45, 7) is 3.79. The number of hydrogen-bond donors (Lipinski definition) is 1. The van der Waals surface area contributed by atoms with Gasteiger partial charge in [-0.25, -0.2) is 9.78 Å². The first-order valence-corrected chi connectivity index (χ1v) is 6.35. The highest BCUT2D eigenvalue weighted by atomic mass is 35.5. The minimum atomic E-state index is -0.550. The van der Waals surface area contributed by atoms with Gasteiger partial charge in [-0.1, -0.05) is 22.9 Å². The fourth-order valence-electron chi connectivity index (χ4n) is 1.27. The first-order chi connectivity index (χ1) is 8.36. The predicted molar refractivity (Wildman–Crippen MR) is 70.1 cm³/mol. The van der Waals surface area contributed by atoms with E-state index in [9.17, 15) is 9.59 Å². The van der Waals surface area contributed by atoms with Crippen LogP contribution in [0.2, 0.25) is 5.15 Å². The van der Waals surface area contributed by atoms with Gasteiger partial charge in [0.1, 0.15) is 0 Å². The predicted octanol–water partition coefficient (Wildman–Crippen LogP) is 1.28. The second-order valence-corrected chi connectivity index (χ2v) is 5.13. The van der Waals surface area contributed by atoms with Gasteiger partial charge in [-0.3, -0.25) is 4.79 Å². The largest absolute Gasteiger partial charge is 0.465 e. The highest BCUT2D eigenvalue weighted by molar-refractivity contribution is 7.18. The van der Waals surface area contributed by atoms with Crippen LogP contribution in [0.5, 0.6) is 0 Å². The van der Waals surface area contributed by atoms with Crippen LogP contribution < -0.4 is 10.6 Å². The number of ether oxygens (including phenoxy) is 1. The van der Waals surface area contributed by atoms with Crippen molar-refractivity contribution in [2.24, 2.45) is 5.73 Å². The van der Waals surface area contributed by atoms with Crippen molar-refractivity contribution < 1.29 is 14.3 Å². The Morgan fingerprint density at radius 2 is 2.17 bits per heavy atom. The second-order valence-electron chi connectivity index (χ2n) is 3.80. The Kier molecular flexibility index (Phi) is 4.92. The van der Waals surface area contributed by atoms with Crippen LogP contribution in [0.1, 0.15) is 23.5 Å². The number of carbonyl (C=O) groups excluding carboxylic acids is 2. The van der Waals surface area contributed by atoms with Gasteiger partial charge in [0.05, 0.1) is 13.7 Å². The third kappa shape index (κ3) is 3.33. The second kappa shape index (κ2) is 6.01. The Balaban J connectivity index is 3.07. The molecule has 1 amide bonds. The van der Waals surface area contributed by atoms with E-state index in [0.717, 1.165) is 11.3 Å². The highest BCUT2D eigenvalue weighted by Gasteiger charge is 2.22. The lowest BCUT2D eigenvalue weighted by atomic mass is 10.3. The molecule has 0 fully saturated rings. The number of anilines is 1. The van der Waals surface area contributed by atoms with Crippen molar-refractivity contribution in [1.82, 2.24) is 4.98 Å². The Morgan fingerprint density at radius 3 is 2.61 bits per heavy atom. The van der Waals surface area contributed by atoms with E-state index in [4.69, 9.17) is 17.3 Å². The third-order valence-corrected chi connectivity index (χ3v) is 3.60. The maximum absolute atomic E-state index is 11.4. The molecule has 1 rings (SSSR count). The van der Waals surface area contributed by atoms with E-state index in [1.54, 1.807) is 4.90 Å². The van der Waals surface area contributed by atoms with Gasteiger partial charge in [0.2, 0.25) is 5.91 Å². The van der Waals surface area contributed by atoms with Crippen molar-refractivity contribution in [3.05, 3.63) is 10.0 Å². The Labute approximate surface area is 114 Å². The first-order valence-electron chi connectivity index (χ1n) is 5.16. The molecule has 18 heavy (non-hydrogen) atoms. The Morgan fingerprint density at radius 1 is 1.56 bits per heavy atom. The van der Waals surface area contributed by atoms with E-state index < -0.39 is 11.9 Å². The van der Waals surface area contributed by atoms with Gasteiger partial charge in [0.25, 0.3) is 0 Å². The van der Waals surface area contributed by atoms with Gasteiger partial charge in [0, 0.05) is 6.04 Å². The zero-order chi connectivity index (χ0) is 13.9. The topological polar surface area (TPSA) is 85.5 Å². The van der Waals surface area contributed by atoms with Crippen LogP contribution >= 0.6 is 22.9 Å². The summed E-state index contributed by atoms with van der Waals surface area (Å²) in [5.74, 6) is -1.03. The van der Waals surface area contributed by atoms with Gasteiger partial charge < -0.3 is 15.4 Å². The van der Waals surface area contributed by atoms with Crippen molar-refractivity contribution in [3.8, 4) is 0 Å². The number of amides is 1. The smallest absolute Gasteiger partial charge is 0.351 e. The van der Waals surface area contributed by atoms with Crippen molar-refractivity contribution in [1.29, 1.82) is 0 Å². The zero-order valence-corrected chi connectivity index (χ0v) is 11.8. The van der Waals surface area contributed by atoms with E-state index in [0.29, 0.717) is 5.13 Å². The van der Waals surface area contributed by atoms with Crippen LogP contribution in [-0.4, -0.2) is 36.6 Å². The van der Waals surface area contributed by atoms with E-state index in [1.807, 2.05) is 13.8 Å². The number of methoxy groups -OCH3 is 1. The molecule has 0 aliphatic rings. The SMILES string of the molecule is COC(=O)c1sc(N(CC(N)=O)C(C)C)nc1Cl. The summed E-state index contributed by atoms with van der Waals surface area (Å²) >= 11 is 6.93. The minimum absolute atomic E-state index is 0.00483. The standard InChI is InChI=1S/C10H14ClN3O3S/c1-5(2)14(4-6(12)15)10-13-8(11)7(18-10)9(16)17-3/h5H,4H2,1-3H3,(H2,12,15). The van der Waals surface area contributed by atoms with Crippen LogP contribution in [0.15, 0.2) is 0 Å². The number of thiazole rings is 1. The maximum atomic E-state index is 11.4. The normalized spacial score (nSPS) is 10.5. The summed E-state index contributed by atoms with van der Waals surface area (Å²) in [5.41, 5.74) is 5.17. The molecule has 0 aliphatic heterocycles. The van der Waals surface area contributed by atoms with Crippen molar-refractivity contribution in [2.45, 2.75) is 19.9 Å². The number of rotatable bonds is 5. The van der Waals surface area contributed by atoms with Gasteiger partial charge >= 0.3 is 5.97 Å². The summed E-state index contributed by atoms with van der Waals surface area (Å²) in [7, 11) is 1.27. The molecule has 2 N–H and O–H groups in total. The summed E-state index contributed by atoms with van der Waals surface area (Å²) in [4.78, 5) is 28.4. The van der Waals surface area contributed by atoms with Crippen LogP contribution in [0.25, 0.3) is 0 Å². The molecule has 0 aromatic carbocycles. The van der Waals surface area contributed by atoms with Gasteiger partial charge in [-0.05, 0) is 13.8 Å². The number of primary amides is 1. The molecule has 1 heterocycles. The molecule has 1 aromatic rings. The molecule has 0 aliphatic carbocycles. The molecule has 100 valence electrons. The number of aromatic nitrogens is 1. The molecule has 0 saturated heterocycles. The molecule has 0 atom stereocenters. The number of carbonyl (C=O) groups is 2. The zero-order valence-electron chi connectivity index (χ0n) is 10.3. The fourth-order valence-corrected chi connectivity index (χ4v) is 2.60. The molecule has 8 heteroatoms. The number of nitrogens with two attached hydrogens (primary N) is 1. The molecule has 0 unspecified atom stereocenters. The third-order valence-electron chi connectivity index (χ3n) is 2.14. The molecule has 6 nitrogen and oxygen atoms in total. The lowest BCUT2D eigenvalue weighted by Gasteiger charge is -2.24. The molecule has 0 saturated carbocycles. The molecule has 0 bridgehead atoms. The lowest BCUT2D eigenvalue weighted by Crippen LogP contribution is -2.38. The van der Waals surface area contributed by atoms with E-state index in [-0.39, 0.29) is 22.6 Å². The lowest BCUT2D eigenvalue weighted by molar-refractivity contribution is -0.116. The van der Waals surface area contributed by atoms with E-state index >= 15 is 0 Å². The number of nitrogens with zero attached hydrogens (tertiary/aromatic N) is 2. The number of esters is 1. The van der Waals surface area contributed by atoms with Crippen LogP contribution in [0.4, 0.5) is 5.13 Å². The van der Waals surface area contributed by atoms with Gasteiger partial charge in [0.15, 0.2) is 15.2 Å².